The van der Waals surface area contributed by atoms with Crippen molar-refractivity contribution in [3.05, 3.63) is 28.8 Å². The van der Waals surface area contributed by atoms with Gasteiger partial charge in [0.25, 0.3) is 0 Å². The second-order valence-corrected chi connectivity index (χ2v) is 4.57. The summed E-state index contributed by atoms with van der Waals surface area (Å²) in [7, 11) is 0. The number of nitrogens with zero attached hydrogens (tertiary/aromatic N) is 1. The number of aryl methyl sites for hydroxylation is 2. The quantitative estimate of drug-likeness (QED) is 0.802. The summed E-state index contributed by atoms with van der Waals surface area (Å²) in [5, 5.41) is 9.96. The van der Waals surface area contributed by atoms with E-state index in [4.69, 9.17) is 0 Å². The molecular weight excluding hydrogens is 186 g/mol. The summed E-state index contributed by atoms with van der Waals surface area (Å²) >= 11 is 0. The summed E-state index contributed by atoms with van der Waals surface area (Å²) in [6.07, 6.45) is 2.59. The summed E-state index contributed by atoms with van der Waals surface area (Å²) < 4.78 is 0. The maximum absolute atomic E-state index is 9.96. The van der Waals surface area contributed by atoms with Crippen molar-refractivity contribution in [2.45, 2.75) is 33.2 Å². The maximum atomic E-state index is 9.96. The minimum Gasteiger partial charge on any atom is -0.507 e. The average Bonchev–Trinajstić information content (AvgIpc) is 2.66. The van der Waals surface area contributed by atoms with Gasteiger partial charge in [-0.15, -0.1) is 0 Å². The fraction of sp³-hybridized carbons (Fsp3) is 0.538. The van der Waals surface area contributed by atoms with Crippen LogP contribution in [0.15, 0.2) is 12.1 Å². The molecule has 1 fully saturated rings. The number of phenols is 1. The summed E-state index contributed by atoms with van der Waals surface area (Å²) in [4.78, 5) is 2.41. The fourth-order valence-corrected chi connectivity index (χ4v) is 2.35. The molecule has 1 N–H and O–H groups in total. The third-order valence-corrected chi connectivity index (χ3v) is 3.12. The topological polar surface area (TPSA) is 23.5 Å². The van der Waals surface area contributed by atoms with Crippen LogP contribution in [-0.4, -0.2) is 23.1 Å². The number of likely N-dealkylation sites (tertiary alicyclic amines) is 1. The van der Waals surface area contributed by atoms with Gasteiger partial charge in [-0.3, -0.25) is 4.90 Å². The molecule has 1 saturated heterocycles. The Hall–Kier alpha value is -1.02. The van der Waals surface area contributed by atoms with Crippen molar-refractivity contribution in [1.29, 1.82) is 0 Å². The molecule has 0 aromatic heterocycles. The molecule has 0 spiro atoms. The maximum Gasteiger partial charge on any atom is 0.122 e. The van der Waals surface area contributed by atoms with Crippen LogP contribution in [0.3, 0.4) is 0 Å². The Kier molecular flexibility index (Phi) is 2.96. The van der Waals surface area contributed by atoms with Gasteiger partial charge in [0, 0.05) is 12.1 Å². The van der Waals surface area contributed by atoms with Gasteiger partial charge in [0.05, 0.1) is 0 Å². The summed E-state index contributed by atoms with van der Waals surface area (Å²) in [6, 6.07) is 4.13. The van der Waals surface area contributed by atoms with Gasteiger partial charge in [0.1, 0.15) is 5.75 Å². The molecule has 1 aromatic rings. The number of rotatable bonds is 2. The number of phenolic OH excluding ortho intramolecular Hbond substituents is 1. The number of benzene rings is 1. The third kappa shape index (κ3) is 2.32. The molecule has 0 bridgehead atoms. The summed E-state index contributed by atoms with van der Waals surface area (Å²) in [5.41, 5.74) is 3.30. The van der Waals surface area contributed by atoms with Crippen LogP contribution >= 0.6 is 0 Å². The van der Waals surface area contributed by atoms with Crippen LogP contribution in [0.25, 0.3) is 0 Å². The Bertz CT molecular complexity index is 354. The van der Waals surface area contributed by atoms with Crippen LogP contribution in [0.2, 0.25) is 0 Å². The van der Waals surface area contributed by atoms with Crippen molar-refractivity contribution >= 4 is 0 Å². The normalized spacial score (nSPS) is 17.2. The molecule has 0 saturated carbocycles. The van der Waals surface area contributed by atoms with E-state index in [2.05, 4.69) is 17.9 Å². The molecule has 0 radical (unpaired) electrons. The first-order valence-electron chi connectivity index (χ1n) is 5.68. The predicted molar refractivity (Wildman–Crippen MR) is 62.1 cm³/mol. The van der Waals surface area contributed by atoms with Gasteiger partial charge in [-0.2, -0.15) is 0 Å². The Morgan fingerprint density at radius 1 is 1.20 bits per heavy atom. The molecule has 1 aliphatic heterocycles. The zero-order valence-electron chi connectivity index (χ0n) is 9.58. The first-order valence-corrected chi connectivity index (χ1v) is 5.68. The SMILES string of the molecule is Cc1cc(C)c(O)c(CN2CCCC2)c1. The van der Waals surface area contributed by atoms with Crippen LogP contribution in [0, 0.1) is 13.8 Å². The van der Waals surface area contributed by atoms with Gasteiger partial charge in [-0.25, -0.2) is 0 Å². The zero-order valence-corrected chi connectivity index (χ0v) is 9.58. The van der Waals surface area contributed by atoms with E-state index >= 15 is 0 Å². The smallest absolute Gasteiger partial charge is 0.122 e. The van der Waals surface area contributed by atoms with Crippen molar-refractivity contribution in [2.24, 2.45) is 0 Å². The van der Waals surface area contributed by atoms with E-state index in [9.17, 15) is 5.11 Å². The molecule has 0 aliphatic carbocycles. The lowest BCUT2D eigenvalue weighted by Gasteiger charge is -2.17. The van der Waals surface area contributed by atoms with Crippen molar-refractivity contribution in [3.63, 3.8) is 0 Å². The van der Waals surface area contributed by atoms with Crippen LogP contribution < -0.4 is 0 Å². The second-order valence-electron chi connectivity index (χ2n) is 4.57. The first kappa shape index (κ1) is 10.5. The minimum atomic E-state index is 0.479. The van der Waals surface area contributed by atoms with E-state index in [1.807, 2.05) is 13.0 Å². The number of hydrogen-bond acceptors (Lipinski definition) is 2. The fourth-order valence-electron chi connectivity index (χ4n) is 2.35. The van der Waals surface area contributed by atoms with Crippen LogP contribution in [0.5, 0.6) is 5.75 Å². The Balaban J connectivity index is 2.19. The molecule has 0 amide bonds. The average molecular weight is 205 g/mol. The van der Waals surface area contributed by atoms with E-state index < -0.39 is 0 Å². The van der Waals surface area contributed by atoms with E-state index in [1.165, 1.54) is 31.5 Å². The van der Waals surface area contributed by atoms with E-state index in [0.717, 1.165) is 17.7 Å². The molecule has 2 heteroatoms. The lowest BCUT2D eigenvalue weighted by atomic mass is 10.1. The second kappa shape index (κ2) is 4.23. The van der Waals surface area contributed by atoms with E-state index in [-0.39, 0.29) is 0 Å². The van der Waals surface area contributed by atoms with Crippen molar-refractivity contribution in [1.82, 2.24) is 4.90 Å². The van der Waals surface area contributed by atoms with Crippen molar-refractivity contribution in [3.8, 4) is 5.75 Å². The molecule has 0 atom stereocenters. The van der Waals surface area contributed by atoms with Crippen LogP contribution in [0.1, 0.15) is 29.5 Å². The highest BCUT2D eigenvalue weighted by Crippen LogP contribution is 2.26. The highest BCUT2D eigenvalue weighted by Gasteiger charge is 2.14. The van der Waals surface area contributed by atoms with Gasteiger partial charge in [-0.1, -0.05) is 17.7 Å². The van der Waals surface area contributed by atoms with Gasteiger partial charge < -0.3 is 5.11 Å². The number of hydrogen-bond donors (Lipinski definition) is 1. The zero-order chi connectivity index (χ0) is 10.8. The molecule has 2 rings (SSSR count). The first-order chi connectivity index (χ1) is 7.16. The lowest BCUT2D eigenvalue weighted by Crippen LogP contribution is -2.18. The predicted octanol–water partition coefficient (Wildman–Crippen LogP) is 2.60. The van der Waals surface area contributed by atoms with Crippen molar-refractivity contribution < 1.29 is 5.11 Å². The van der Waals surface area contributed by atoms with E-state index in [1.54, 1.807) is 0 Å². The highest BCUT2D eigenvalue weighted by atomic mass is 16.3. The van der Waals surface area contributed by atoms with Gasteiger partial charge in [0.15, 0.2) is 0 Å². The Morgan fingerprint density at radius 3 is 2.53 bits per heavy atom. The molecule has 1 heterocycles. The largest absolute Gasteiger partial charge is 0.507 e. The molecule has 82 valence electrons. The number of aromatic hydroxyl groups is 1. The molecule has 2 nitrogen and oxygen atoms in total. The van der Waals surface area contributed by atoms with Gasteiger partial charge >= 0.3 is 0 Å². The highest BCUT2D eigenvalue weighted by molar-refractivity contribution is 5.42. The Labute approximate surface area is 91.5 Å². The molecule has 0 unspecified atom stereocenters. The summed E-state index contributed by atoms with van der Waals surface area (Å²) in [6.45, 7) is 7.29. The lowest BCUT2D eigenvalue weighted by molar-refractivity contribution is 0.323. The molecule has 1 aliphatic rings. The van der Waals surface area contributed by atoms with Crippen LogP contribution in [-0.2, 0) is 6.54 Å². The Morgan fingerprint density at radius 2 is 1.87 bits per heavy atom. The summed E-state index contributed by atoms with van der Waals surface area (Å²) in [5.74, 6) is 0.479. The third-order valence-electron chi connectivity index (χ3n) is 3.12. The standard InChI is InChI=1S/C13H19NO/c1-10-7-11(2)13(15)12(8-10)9-14-5-3-4-6-14/h7-8,15H,3-6,9H2,1-2H3. The van der Waals surface area contributed by atoms with Crippen molar-refractivity contribution in [2.75, 3.05) is 13.1 Å². The molecule has 15 heavy (non-hydrogen) atoms. The van der Waals surface area contributed by atoms with Gasteiger partial charge in [0.2, 0.25) is 0 Å². The van der Waals surface area contributed by atoms with Crippen LogP contribution in [0.4, 0.5) is 0 Å². The minimum absolute atomic E-state index is 0.479. The molecule has 1 aromatic carbocycles. The monoisotopic (exact) mass is 205 g/mol. The molecular formula is C13H19NO. The van der Waals surface area contributed by atoms with Gasteiger partial charge in [-0.05, 0) is 45.3 Å². The van der Waals surface area contributed by atoms with E-state index in [0.29, 0.717) is 5.75 Å².